The molecule has 38 nitrogen and oxygen atoms in total. The van der Waals surface area contributed by atoms with Gasteiger partial charge in [0.15, 0.2) is 0 Å². The molecule has 10 rings (SSSR count). The summed E-state index contributed by atoms with van der Waals surface area (Å²) in [6.07, 6.45) is 9.38. The molecule has 2 amide bonds. The third kappa shape index (κ3) is 33.0. The first-order valence-electron chi connectivity index (χ1n) is 39.5. The monoisotopic (exact) mass is 1770 g/mol. The van der Waals surface area contributed by atoms with Crippen molar-refractivity contribution in [2.75, 3.05) is 13.1 Å². The Morgan fingerprint density at radius 1 is 0.419 bits per heavy atom. The first-order chi connectivity index (χ1) is 57.9. The summed E-state index contributed by atoms with van der Waals surface area (Å²) in [4.78, 5) is 73.3. The van der Waals surface area contributed by atoms with Crippen molar-refractivity contribution in [3.63, 3.8) is 0 Å². The molecular weight excluding hydrogens is 1660 g/mol. The van der Waals surface area contributed by atoms with Crippen LogP contribution >= 0.6 is 24.8 Å². The lowest BCUT2D eigenvalue weighted by Gasteiger charge is -2.44. The molecule has 14 N–H and O–H groups in total. The number of aliphatic hydroxyl groups excluding tert-OH is 8. The molecule has 20 atom stereocenters. The SMILES string of the molecule is C#Cc1cc(CO)cc(CO)c1.C#Cc1cc(CO)cc(CO)c1.CC(=O)NC1[C@H](OC(C)=O)OC(CN=[N+]=[N-])[C@@H](C)[C@@H]1C.CC(=O)NC1[C@H](OC(C)=O)OC(Cn2cc(-c3cc(CO)cc(CO)c3)nn2)[C@@H](C)[C@@H]1C.CC(=O)O[C@@H]1OC(CN=[N+]=[N-])[C@@H](C)[C@H](C)C1N.CC(=O)O[C@@H]1OC(Cn2cc(-c3cc(CO)cc(CO)c3)nn2)[C@@H](C)[C@H](C)C1N.Cl.Cl. The van der Waals surface area contributed by atoms with Crippen molar-refractivity contribution in [3.8, 4) is 47.2 Å². The molecule has 4 aromatic carbocycles. The summed E-state index contributed by atoms with van der Waals surface area (Å²) in [6.45, 7) is 24.4. The van der Waals surface area contributed by atoms with Gasteiger partial charge in [0.1, 0.15) is 11.4 Å². The van der Waals surface area contributed by atoms with Crippen molar-refractivity contribution < 1.29 is 108 Å². The van der Waals surface area contributed by atoms with Crippen LogP contribution in [0.25, 0.3) is 43.4 Å². The van der Waals surface area contributed by atoms with E-state index in [0.29, 0.717) is 57.9 Å². The molecule has 4 saturated heterocycles. The van der Waals surface area contributed by atoms with Gasteiger partial charge in [0.25, 0.3) is 0 Å². The number of halogens is 2. The highest BCUT2D eigenvalue weighted by atomic mass is 35.5. The molecular formula is C84H118Cl2N16O22. The highest BCUT2D eigenvalue weighted by Gasteiger charge is 2.47. The molecule has 0 spiro atoms. The number of carbonyl (C=O) groups excluding carboxylic acids is 6. The van der Waals surface area contributed by atoms with Crippen LogP contribution in [-0.4, -0.2) is 193 Å². The summed E-state index contributed by atoms with van der Waals surface area (Å²) in [7, 11) is 0. The smallest absolute Gasteiger partial charge is 0.305 e. The van der Waals surface area contributed by atoms with Crippen LogP contribution in [0.1, 0.15) is 153 Å². The maximum Gasteiger partial charge on any atom is 0.305 e. The van der Waals surface area contributed by atoms with Crippen molar-refractivity contribution in [1.29, 1.82) is 0 Å². The Balaban J connectivity index is 0.000000397. The minimum atomic E-state index is -0.899. The Morgan fingerprint density at radius 3 is 0.944 bits per heavy atom. The van der Waals surface area contributed by atoms with Gasteiger partial charge in [-0.25, -0.2) is 9.36 Å². The second kappa shape index (κ2) is 53.8. The quantitative estimate of drug-likeness (QED) is 0.00767. The van der Waals surface area contributed by atoms with Crippen LogP contribution in [0.3, 0.4) is 0 Å². The van der Waals surface area contributed by atoms with Crippen molar-refractivity contribution >= 4 is 60.5 Å². The number of amides is 2. The molecule has 0 bridgehead atoms. The summed E-state index contributed by atoms with van der Waals surface area (Å²) in [5.74, 6) is 3.17. The second-order valence-electron chi connectivity index (χ2n) is 30.3. The Hall–Kier alpha value is -10.3. The summed E-state index contributed by atoms with van der Waals surface area (Å²) in [6, 6.07) is 19.4. The zero-order valence-corrected chi connectivity index (χ0v) is 73.5. The number of benzene rings is 4. The fourth-order valence-corrected chi connectivity index (χ4v) is 13.9. The van der Waals surface area contributed by atoms with E-state index >= 15 is 0 Å². The first kappa shape index (κ1) is 108. The molecule has 4 fully saturated rings. The van der Waals surface area contributed by atoms with Gasteiger partial charge in [-0.1, -0.05) is 112 Å². The van der Waals surface area contributed by atoms with E-state index in [9.17, 15) is 49.2 Å². The van der Waals surface area contributed by atoms with Gasteiger partial charge in [-0.3, -0.25) is 28.8 Å². The molecule has 680 valence electrons. The van der Waals surface area contributed by atoms with E-state index in [4.69, 9.17) is 93.7 Å². The Labute approximate surface area is 732 Å². The Morgan fingerprint density at radius 2 is 0.669 bits per heavy atom. The highest BCUT2D eigenvalue weighted by molar-refractivity contribution is 5.85. The predicted octanol–water partition coefficient (Wildman–Crippen LogP) is 6.51. The maximum absolute atomic E-state index is 11.6. The summed E-state index contributed by atoms with van der Waals surface area (Å²) < 4.78 is 47.3. The van der Waals surface area contributed by atoms with Gasteiger partial charge in [0, 0.05) is 73.6 Å². The number of terminal acetylenes is 2. The minimum absolute atomic E-state index is 0. The van der Waals surface area contributed by atoms with Gasteiger partial charge >= 0.3 is 23.9 Å². The summed E-state index contributed by atoms with van der Waals surface area (Å²) in [5, 5.41) is 102. The molecule has 0 aliphatic carbocycles. The van der Waals surface area contributed by atoms with Gasteiger partial charge in [0.05, 0.1) is 140 Å². The number of hydrogen-bond donors (Lipinski definition) is 12. The third-order valence-corrected chi connectivity index (χ3v) is 21.4. The van der Waals surface area contributed by atoms with Crippen LogP contribution in [0.4, 0.5) is 0 Å². The van der Waals surface area contributed by atoms with Crippen LogP contribution in [0.5, 0.6) is 0 Å². The van der Waals surface area contributed by atoms with E-state index < -0.39 is 67.2 Å². The topological polar surface area (TPSA) is 573 Å². The number of carbonyl (C=O) groups is 6. The van der Waals surface area contributed by atoms with E-state index in [1.807, 2.05) is 60.6 Å². The lowest BCUT2D eigenvalue weighted by Crippen LogP contribution is -2.58. The fourth-order valence-electron chi connectivity index (χ4n) is 13.9. The normalized spacial score (nSPS) is 25.1. The number of nitrogens with zero attached hydrogens (tertiary/aromatic N) is 12. The predicted molar refractivity (Wildman–Crippen MR) is 456 cm³/mol. The molecule has 8 unspecified atom stereocenters. The number of aliphatic hydroxyl groups is 8. The first-order valence-corrected chi connectivity index (χ1v) is 39.5. The van der Waals surface area contributed by atoms with E-state index in [1.54, 1.807) is 82.4 Å². The maximum atomic E-state index is 11.6. The summed E-state index contributed by atoms with van der Waals surface area (Å²) in [5.41, 5.74) is 38.6. The van der Waals surface area contributed by atoms with Crippen LogP contribution < -0.4 is 22.1 Å². The van der Waals surface area contributed by atoms with Crippen molar-refractivity contribution in [1.82, 2.24) is 40.6 Å². The Bertz CT molecular complexity index is 4440. The number of azide groups is 2. The molecule has 4 aliphatic heterocycles. The van der Waals surface area contributed by atoms with E-state index in [2.05, 4.69) is 70.1 Å². The van der Waals surface area contributed by atoms with Crippen molar-refractivity contribution in [3.05, 3.63) is 162 Å². The van der Waals surface area contributed by atoms with Gasteiger partial charge in [-0.2, -0.15) is 0 Å². The van der Waals surface area contributed by atoms with E-state index in [1.165, 1.54) is 41.5 Å². The zero-order chi connectivity index (χ0) is 90.8. The molecule has 124 heavy (non-hydrogen) atoms. The van der Waals surface area contributed by atoms with Crippen LogP contribution in [0.2, 0.25) is 0 Å². The number of ether oxygens (including phenoxy) is 8. The standard InChI is InChI=1S/C22H30N4O6.C20H28N4O5.C12H20N4O4.C10H18N4O3.2C10H10O2.2ClH/c1-12-13(2)21(23-14(3)29)22(31-15(4)30)32-20(12)9-26-8-19(24-25-26)18-6-16(10-27)5-17(7-18)11-28;1-11-12(2)19(21)20(28-13(3)27)29-18(11)8-24-7-17(22-23-24)16-5-14(9-25)4-15(6-16)10-26;1-6-7(2)11(15-8(3)17)12(19-9(4)18)20-10(6)5-14-16-13;1-5-6(2)9(11)10(16-7(3)15)17-8(5)4-13-14-12;2*1-2-8-3-9(6-11)5-10(4-8)7-12;;/h5-8,12-13,20-22,27-28H,9-11H2,1-4H3,(H,23,29);4-7,11-12,18-20,25-26H,8-10,21H2,1-3H3;6-7,10-12H,5H2,1-4H3,(H,15,17);5-6,8-10H,4,11H2,1-3H3;2*1,3-5,11-12H,6-7H2;2*1H/t12-,13-,20?,21?,22+;11-,12-,18?,19?,20+;6-,7-,10?,11?,12+;5-,6-,8?,9?,10+;;;;/m0000..../s1. The van der Waals surface area contributed by atoms with Gasteiger partial charge in [-0.15, -0.1) is 47.9 Å². The average molecular weight is 1770 g/mol. The van der Waals surface area contributed by atoms with Crippen LogP contribution in [-0.2, 0) is 133 Å². The fraction of sp³-hybridized carbons (Fsp3) is 0.548. The molecule has 0 radical (unpaired) electrons. The lowest BCUT2D eigenvalue weighted by atomic mass is 9.82. The number of esters is 4. The highest BCUT2D eigenvalue weighted by Crippen LogP contribution is 2.37. The van der Waals surface area contributed by atoms with Gasteiger partial charge < -0.3 is 101 Å². The molecule has 2 aromatic heterocycles. The average Bonchev–Trinajstić information content (AvgIpc) is 1.25. The third-order valence-electron chi connectivity index (χ3n) is 21.4. The molecule has 40 heteroatoms. The second-order valence-corrected chi connectivity index (χ2v) is 30.3. The van der Waals surface area contributed by atoms with Gasteiger partial charge in [-0.05, 0) is 151 Å². The van der Waals surface area contributed by atoms with Crippen molar-refractivity contribution in [2.45, 2.75) is 237 Å². The molecule has 6 aromatic rings. The summed E-state index contributed by atoms with van der Waals surface area (Å²) >= 11 is 0. The number of hydrogen-bond acceptors (Lipinski definition) is 30. The largest absolute Gasteiger partial charge is 0.434 e. The van der Waals surface area contributed by atoms with Crippen LogP contribution in [0.15, 0.2) is 95.4 Å². The number of nitrogens with one attached hydrogen (secondary N) is 2. The van der Waals surface area contributed by atoms with E-state index in [0.717, 1.165) is 33.4 Å². The van der Waals surface area contributed by atoms with Crippen molar-refractivity contribution in [2.24, 2.45) is 69.0 Å². The molecule has 4 aliphatic rings. The van der Waals surface area contributed by atoms with E-state index in [-0.39, 0.29) is 180 Å². The molecule has 6 heterocycles. The van der Waals surface area contributed by atoms with Crippen LogP contribution in [0, 0.1) is 72.0 Å². The molecule has 0 saturated carbocycles. The zero-order valence-electron chi connectivity index (χ0n) is 71.9. The van der Waals surface area contributed by atoms with Gasteiger partial charge in [0.2, 0.25) is 37.0 Å². The number of rotatable bonds is 24. The number of nitrogens with two attached hydrogens (primary N) is 2. The lowest BCUT2D eigenvalue weighted by molar-refractivity contribution is -0.234. The minimum Gasteiger partial charge on any atom is -0.434 e. The Kier molecular flexibility index (Phi) is 46.8. The number of aromatic nitrogens is 6.